The molecule has 1 aromatic carbocycles. The predicted molar refractivity (Wildman–Crippen MR) is 103 cm³/mol. The minimum Gasteiger partial charge on any atom is -0.452 e. The van der Waals surface area contributed by atoms with Gasteiger partial charge in [-0.15, -0.1) is 11.8 Å². The molecule has 2 N–H and O–H groups in total. The molecule has 0 aromatic heterocycles. The molecule has 0 radical (unpaired) electrons. The maximum absolute atomic E-state index is 12.3. The summed E-state index contributed by atoms with van der Waals surface area (Å²) in [5.41, 5.74) is 0.348. The van der Waals surface area contributed by atoms with Gasteiger partial charge in [-0.05, 0) is 25.0 Å². The van der Waals surface area contributed by atoms with Crippen molar-refractivity contribution in [2.24, 2.45) is 0 Å². The molecular formula is C19H26N2O5S. The second kappa shape index (κ2) is 11.6. The Hall–Kier alpha value is -2.06. The Kier molecular flexibility index (Phi) is 9.13. The van der Waals surface area contributed by atoms with Crippen molar-refractivity contribution in [1.29, 1.82) is 0 Å². The van der Waals surface area contributed by atoms with Crippen LogP contribution >= 0.6 is 11.8 Å². The SMILES string of the molecule is COCCNC(=O)CSc1ccccc1C(=O)OCC(=O)NC1CCCC1. The molecule has 0 atom stereocenters. The molecule has 8 heteroatoms. The molecule has 0 aliphatic heterocycles. The van der Waals surface area contributed by atoms with E-state index in [0.29, 0.717) is 23.6 Å². The molecule has 1 aromatic rings. The Morgan fingerprint density at radius 1 is 1.15 bits per heavy atom. The maximum Gasteiger partial charge on any atom is 0.339 e. The first kappa shape index (κ1) is 21.2. The number of hydrogen-bond acceptors (Lipinski definition) is 6. The Morgan fingerprint density at radius 3 is 2.63 bits per heavy atom. The van der Waals surface area contributed by atoms with Crippen molar-refractivity contribution in [3.63, 3.8) is 0 Å². The van der Waals surface area contributed by atoms with E-state index in [1.165, 1.54) is 11.8 Å². The summed E-state index contributed by atoms with van der Waals surface area (Å²) in [4.78, 5) is 36.7. The topological polar surface area (TPSA) is 93.7 Å². The van der Waals surface area contributed by atoms with Gasteiger partial charge in [-0.25, -0.2) is 4.79 Å². The van der Waals surface area contributed by atoms with Crippen LogP contribution in [0.5, 0.6) is 0 Å². The van der Waals surface area contributed by atoms with E-state index in [2.05, 4.69) is 10.6 Å². The molecule has 27 heavy (non-hydrogen) atoms. The number of nitrogens with one attached hydrogen (secondary N) is 2. The highest BCUT2D eigenvalue weighted by molar-refractivity contribution is 8.00. The number of esters is 1. The van der Waals surface area contributed by atoms with Crippen LogP contribution in [-0.2, 0) is 19.1 Å². The molecule has 1 aliphatic carbocycles. The van der Waals surface area contributed by atoms with Gasteiger partial charge in [0.15, 0.2) is 6.61 Å². The highest BCUT2D eigenvalue weighted by Crippen LogP contribution is 2.23. The molecule has 1 saturated carbocycles. The van der Waals surface area contributed by atoms with E-state index in [9.17, 15) is 14.4 Å². The van der Waals surface area contributed by atoms with Crippen molar-refractivity contribution in [2.45, 2.75) is 36.6 Å². The third-order valence-electron chi connectivity index (χ3n) is 4.15. The second-order valence-corrected chi connectivity index (χ2v) is 7.27. The first-order valence-corrected chi connectivity index (χ1v) is 10.0. The van der Waals surface area contributed by atoms with Gasteiger partial charge in [-0.2, -0.15) is 0 Å². The minimum absolute atomic E-state index is 0.142. The van der Waals surface area contributed by atoms with Crippen molar-refractivity contribution in [3.05, 3.63) is 29.8 Å². The molecule has 148 valence electrons. The van der Waals surface area contributed by atoms with Crippen LogP contribution < -0.4 is 10.6 Å². The molecule has 1 fully saturated rings. The summed E-state index contributed by atoms with van der Waals surface area (Å²) in [6.45, 7) is 0.587. The van der Waals surface area contributed by atoms with Crippen molar-refractivity contribution in [1.82, 2.24) is 10.6 Å². The molecule has 0 unspecified atom stereocenters. The van der Waals surface area contributed by atoms with Crippen LogP contribution in [0.15, 0.2) is 29.2 Å². The third-order valence-corrected chi connectivity index (χ3v) is 5.22. The maximum atomic E-state index is 12.3. The van der Waals surface area contributed by atoms with Gasteiger partial charge in [0, 0.05) is 24.6 Å². The molecule has 0 heterocycles. The molecule has 7 nitrogen and oxygen atoms in total. The molecule has 0 bridgehead atoms. The monoisotopic (exact) mass is 394 g/mol. The van der Waals surface area contributed by atoms with Crippen LogP contribution in [0, 0.1) is 0 Å². The fourth-order valence-corrected chi connectivity index (χ4v) is 3.67. The van der Waals surface area contributed by atoms with Crippen molar-refractivity contribution in [2.75, 3.05) is 32.6 Å². The summed E-state index contributed by atoms with van der Waals surface area (Å²) in [5, 5.41) is 5.60. The van der Waals surface area contributed by atoms with E-state index in [-0.39, 0.29) is 30.2 Å². The smallest absolute Gasteiger partial charge is 0.339 e. The van der Waals surface area contributed by atoms with Crippen LogP contribution in [0.2, 0.25) is 0 Å². The van der Waals surface area contributed by atoms with E-state index >= 15 is 0 Å². The second-order valence-electron chi connectivity index (χ2n) is 6.25. The molecule has 0 spiro atoms. The van der Waals surface area contributed by atoms with Gasteiger partial charge in [0.1, 0.15) is 0 Å². The lowest BCUT2D eigenvalue weighted by atomic mass is 10.2. The fraction of sp³-hybridized carbons (Fsp3) is 0.526. The summed E-state index contributed by atoms with van der Waals surface area (Å²) in [7, 11) is 1.57. The number of ether oxygens (including phenoxy) is 2. The number of benzene rings is 1. The van der Waals surface area contributed by atoms with Crippen LogP contribution in [0.25, 0.3) is 0 Å². The summed E-state index contributed by atoms with van der Waals surface area (Å²) in [6.07, 6.45) is 4.19. The predicted octanol–water partition coefficient (Wildman–Crippen LogP) is 1.76. The molecule has 2 rings (SSSR count). The van der Waals surface area contributed by atoms with E-state index in [1.807, 2.05) is 0 Å². The Labute approximate surface area is 163 Å². The Bertz CT molecular complexity index is 647. The lowest BCUT2D eigenvalue weighted by Gasteiger charge is -2.13. The Balaban J connectivity index is 1.81. The number of amides is 2. The van der Waals surface area contributed by atoms with Gasteiger partial charge in [0.25, 0.3) is 5.91 Å². The van der Waals surface area contributed by atoms with Crippen molar-refractivity contribution in [3.8, 4) is 0 Å². The fourth-order valence-electron chi connectivity index (χ4n) is 2.80. The zero-order chi connectivity index (χ0) is 19.5. The zero-order valence-electron chi connectivity index (χ0n) is 15.5. The lowest BCUT2D eigenvalue weighted by Crippen LogP contribution is -2.35. The first-order chi connectivity index (χ1) is 13.1. The van der Waals surface area contributed by atoms with E-state index < -0.39 is 5.97 Å². The Morgan fingerprint density at radius 2 is 1.89 bits per heavy atom. The number of thioether (sulfide) groups is 1. The standard InChI is InChI=1S/C19H26N2O5S/c1-25-11-10-20-18(23)13-27-16-9-5-4-8-15(16)19(24)26-12-17(22)21-14-6-2-3-7-14/h4-5,8-9,14H,2-3,6-7,10-13H2,1H3,(H,20,23)(H,21,22). The van der Waals surface area contributed by atoms with Gasteiger partial charge >= 0.3 is 5.97 Å². The summed E-state index contributed by atoms with van der Waals surface area (Å²) >= 11 is 1.25. The molecule has 2 amide bonds. The largest absolute Gasteiger partial charge is 0.452 e. The summed E-state index contributed by atoms with van der Waals surface area (Å²) in [6, 6.07) is 7.08. The number of carbonyl (C=O) groups excluding carboxylic acids is 3. The van der Waals surface area contributed by atoms with Crippen LogP contribution in [0.3, 0.4) is 0 Å². The normalized spacial score (nSPS) is 14.0. The van der Waals surface area contributed by atoms with E-state index in [0.717, 1.165) is 25.7 Å². The van der Waals surface area contributed by atoms with Gasteiger partial charge in [-0.3, -0.25) is 9.59 Å². The van der Waals surface area contributed by atoms with Crippen LogP contribution in [-0.4, -0.2) is 56.4 Å². The summed E-state index contributed by atoms with van der Waals surface area (Å²) in [5.74, 6) is -0.815. The molecule has 0 saturated heterocycles. The highest BCUT2D eigenvalue weighted by atomic mass is 32.2. The summed E-state index contributed by atoms with van der Waals surface area (Å²) < 4.78 is 10.0. The zero-order valence-corrected chi connectivity index (χ0v) is 16.3. The lowest BCUT2D eigenvalue weighted by molar-refractivity contribution is -0.125. The number of methoxy groups -OCH3 is 1. The van der Waals surface area contributed by atoms with Gasteiger partial charge in [0.2, 0.25) is 5.91 Å². The molecular weight excluding hydrogens is 368 g/mol. The van der Waals surface area contributed by atoms with E-state index in [1.54, 1.807) is 31.4 Å². The van der Waals surface area contributed by atoms with Crippen molar-refractivity contribution < 1.29 is 23.9 Å². The number of carbonyl (C=O) groups is 3. The molecule has 1 aliphatic rings. The van der Waals surface area contributed by atoms with E-state index in [4.69, 9.17) is 9.47 Å². The van der Waals surface area contributed by atoms with Crippen LogP contribution in [0.4, 0.5) is 0 Å². The average molecular weight is 394 g/mol. The van der Waals surface area contributed by atoms with Gasteiger partial charge in [0.05, 0.1) is 17.9 Å². The first-order valence-electron chi connectivity index (χ1n) is 9.04. The van der Waals surface area contributed by atoms with Crippen molar-refractivity contribution >= 4 is 29.5 Å². The third kappa shape index (κ3) is 7.60. The number of rotatable bonds is 10. The minimum atomic E-state index is -0.570. The quantitative estimate of drug-likeness (QED) is 0.357. The van der Waals surface area contributed by atoms with Gasteiger partial charge < -0.3 is 20.1 Å². The number of hydrogen-bond donors (Lipinski definition) is 2. The highest BCUT2D eigenvalue weighted by Gasteiger charge is 2.19. The average Bonchev–Trinajstić information content (AvgIpc) is 3.18. The van der Waals surface area contributed by atoms with Gasteiger partial charge in [-0.1, -0.05) is 25.0 Å². The van der Waals surface area contributed by atoms with Crippen LogP contribution in [0.1, 0.15) is 36.0 Å².